The number of morpholine rings is 1. The van der Waals surface area contributed by atoms with E-state index in [4.69, 9.17) is 14.7 Å². The van der Waals surface area contributed by atoms with Crippen LogP contribution < -0.4 is 4.90 Å². The molecule has 25 heavy (non-hydrogen) atoms. The van der Waals surface area contributed by atoms with Gasteiger partial charge in [0, 0.05) is 25.5 Å². The summed E-state index contributed by atoms with van der Waals surface area (Å²) in [5.74, 6) is 1.80. The van der Waals surface area contributed by atoms with Crippen LogP contribution in [-0.2, 0) is 22.4 Å². The largest absolute Gasteiger partial charge is 0.365 e. The highest BCUT2D eigenvalue weighted by atomic mass is 32.1. The van der Waals surface area contributed by atoms with E-state index in [0.717, 1.165) is 35.9 Å². The number of rotatable bonds is 2. The van der Waals surface area contributed by atoms with Crippen molar-refractivity contribution < 1.29 is 9.53 Å². The van der Waals surface area contributed by atoms with E-state index in [9.17, 15) is 4.79 Å². The lowest BCUT2D eigenvalue weighted by molar-refractivity contribution is -0.141. The molecule has 134 valence electrons. The number of nitrogens with zero attached hydrogens (tertiary/aromatic N) is 4. The molecule has 1 unspecified atom stereocenters. The summed E-state index contributed by atoms with van der Waals surface area (Å²) in [6, 6.07) is 0. The van der Waals surface area contributed by atoms with Crippen molar-refractivity contribution in [2.24, 2.45) is 0 Å². The average Bonchev–Trinajstić information content (AvgIpc) is 2.98. The first-order valence-corrected chi connectivity index (χ1v) is 9.73. The van der Waals surface area contributed by atoms with Crippen LogP contribution >= 0.6 is 11.3 Å². The third-order valence-corrected chi connectivity index (χ3v) is 6.18. The monoisotopic (exact) mass is 360 g/mol. The Kier molecular flexibility index (Phi) is 4.37. The molecule has 0 spiro atoms. The molecule has 0 aromatic carbocycles. The van der Waals surface area contributed by atoms with Crippen molar-refractivity contribution in [3.8, 4) is 0 Å². The second kappa shape index (κ2) is 6.53. The normalized spacial score (nSPS) is 20.6. The number of aryl methyl sites for hydroxylation is 3. The number of amides is 1. The molecular weight excluding hydrogens is 336 g/mol. The molecule has 1 aliphatic carbocycles. The fourth-order valence-electron chi connectivity index (χ4n) is 3.75. The third-order valence-electron chi connectivity index (χ3n) is 4.99. The summed E-state index contributed by atoms with van der Waals surface area (Å²) in [5.41, 5.74) is 1.43. The maximum Gasteiger partial charge on any atom is 0.253 e. The highest BCUT2D eigenvalue weighted by Gasteiger charge is 2.31. The molecule has 2 aliphatic rings. The number of likely N-dealkylation sites (N-methyl/N-ethyl adjacent to an activating group) is 1. The summed E-state index contributed by atoms with van der Waals surface area (Å²) < 4.78 is 5.72. The fraction of sp³-hybridized carbons (Fsp3) is 0.611. The van der Waals surface area contributed by atoms with Gasteiger partial charge in [-0.2, -0.15) is 0 Å². The van der Waals surface area contributed by atoms with Crippen molar-refractivity contribution >= 4 is 33.3 Å². The molecule has 1 saturated heterocycles. The zero-order chi connectivity index (χ0) is 17.6. The Balaban J connectivity index is 1.75. The van der Waals surface area contributed by atoms with Crippen LogP contribution in [0.3, 0.4) is 0 Å². The van der Waals surface area contributed by atoms with Crippen LogP contribution in [-0.4, -0.2) is 60.7 Å². The average molecular weight is 360 g/mol. The smallest absolute Gasteiger partial charge is 0.253 e. The zero-order valence-corrected chi connectivity index (χ0v) is 15.9. The molecule has 0 saturated carbocycles. The molecule has 1 aliphatic heterocycles. The van der Waals surface area contributed by atoms with E-state index >= 15 is 0 Å². The number of ether oxygens (including phenoxy) is 1. The topological polar surface area (TPSA) is 58.6 Å². The molecule has 1 fully saturated rings. The second-order valence-electron chi connectivity index (χ2n) is 7.02. The van der Waals surface area contributed by atoms with Gasteiger partial charge < -0.3 is 14.5 Å². The summed E-state index contributed by atoms with van der Waals surface area (Å²) in [5, 5.41) is 1.21. The standard InChI is InChI=1S/C18H24N4O2S/c1-11-19-16(22-8-9-24-13(10-22)18(23)21(2)3)15-12-6-4-5-7-14(12)25-17(15)20-11/h13H,4-10H2,1-3H3. The Morgan fingerprint density at radius 1 is 1.28 bits per heavy atom. The number of anilines is 1. The molecule has 3 heterocycles. The first-order chi connectivity index (χ1) is 12.0. The number of hydrogen-bond acceptors (Lipinski definition) is 6. The maximum absolute atomic E-state index is 12.3. The summed E-state index contributed by atoms with van der Waals surface area (Å²) in [4.78, 5) is 28.2. The van der Waals surface area contributed by atoms with Crippen molar-refractivity contribution in [3.63, 3.8) is 0 Å². The molecule has 2 aromatic rings. The fourth-order valence-corrected chi connectivity index (χ4v) is 5.05. The first kappa shape index (κ1) is 16.7. The predicted molar refractivity (Wildman–Crippen MR) is 99.4 cm³/mol. The van der Waals surface area contributed by atoms with Crippen LogP contribution in [0, 0.1) is 6.92 Å². The molecule has 7 heteroatoms. The van der Waals surface area contributed by atoms with Crippen molar-refractivity contribution in [1.29, 1.82) is 0 Å². The number of carbonyl (C=O) groups is 1. The number of thiophene rings is 1. The van der Waals surface area contributed by atoms with E-state index in [1.807, 2.05) is 18.3 Å². The number of aromatic nitrogens is 2. The lowest BCUT2D eigenvalue weighted by Gasteiger charge is -2.34. The highest BCUT2D eigenvalue weighted by molar-refractivity contribution is 7.19. The highest BCUT2D eigenvalue weighted by Crippen LogP contribution is 2.40. The number of carbonyl (C=O) groups excluding carboxylic acids is 1. The van der Waals surface area contributed by atoms with Gasteiger partial charge in [0.15, 0.2) is 6.10 Å². The molecule has 0 N–H and O–H groups in total. The molecule has 4 rings (SSSR count). The molecule has 1 amide bonds. The first-order valence-electron chi connectivity index (χ1n) is 8.91. The SMILES string of the molecule is Cc1nc(N2CCOC(C(=O)N(C)C)C2)c2c3c(sc2n1)CCCC3. The van der Waals surface area contributed by atoms with Crippen molar-refractivity contribution in [2.75, 3.05) is 38.7 Å². The van der Waals surface area contributed by atoms with Crippen LogP contribution in [0.4, 0.5) is 5.82 Å². The Labute approximate surface area is 151 Å². The summed E-state index contributed by atoms with van der Waals surface area (Å²) >= 11 is 1.82. The van der Waals surface area contributed by atoms with E-state index in [0.29, 0.717) is 13.2 Å². The Hall–Kier alpha value is -1.73. The summed E-state index contributed by atoms with van der Waals surface area (Å²) in [7, 11) is 3.54. The number of hydrogen-bond donors (Lipinski definition) is 0. The Morgan fingerprint density at radius 2 is 2.08 bits per heavy atom. The third kappa shape index (κ3) is 3.00. The van der Waals surface area contributed by atoms with Crippen LogP contribution in [0.5, 0.6) is 0 Å². The van der Waals surface area contributed by atoms with Gasteiger partial charge in [-0.05, 0) is 38.2 Å². The number of fused-ring (bicyclic) bond motifs is 3. The molecule has 2 aromatic heterocycles. The maximum atomic E-state index is 12.3. The van der Waals surface area contributed by atoms with Gasteiger partial charge in [0.1, 0.15) is 16.5 Å². The van der Waals surface area contributed by atoms with Gasteiger partial charge in [-0.1, -0.05) is 0 Å². The Bertz CT molecular complexity index is 817. The summed E-state index contributed by atoms with van der Waals surface area (Å²) in [6.45, 7) is 3.80. The Morgan fingerprint density at radius 3 is 2.88 bits per heavy atom. The molecule has 6 nitrogen and oxygen atoms in total. The van der Waals surface area contributed by atoms with Gasteiger partial charge in [-0.25, -0.2) is 9.97 Å². The minimum absolute atomic E-state index is 0.0130. The van der Waals surface area contributed by atoms with Gasteiger partial charge in [-0.3, -0.25) is 4.79 Å². The van der Waals surface area contributed by atoms with E-state index in [1.165, 1.54) is 28.7 Å². The lowest BCUT2D eigenvalue weighted by Crippen LogP contribution is -2.50. The van der Waals surface area contributed by atoms with Crippen LogP contribution in [0.25, 0.3) is 10.2 Å². The zero-order valence-electron chi connectivity index (χ0n) is 15.0. The van der Waals surface area contributed by atoms with Gasteiger partial charge in [0.25, 0.3) is 5.91 Å². The van der Waals surface area contributed by atoms with E-state index in [2.05, 4.69) is 4.90 Å². The van der Waals surface area contributed by atoms with E-state index in [1.54, 1.807) is 19.0 Å². The van der Waals surface area contributed by atoms with Gasteiger partial charge in [-0.15, -0.1) is 11.3 Å². The summed E-state index contributed by atoms with van der Waals surface area (Å²) in [6.07, 6.45) is 4.33. The molecule has 1 atom stereocenters. The quantitative estimate of drug-likeness (QED) is 0.821. The van der Waals surface area contributed by atoms with E-state index < -0.39 is 6.10 Å². The minimum Gasteiger partial charge on any atom is -0.365 e. The second-order valence-corrected chi connectivity index (χ2v) is 8.11. The van der Waals surface area contributed by atoms with E-state index in [-0.39, 0.29) is 5.91 Å². The molecule has 0 radical (unpaired) electrons. The van der Waals surface area contributed by atoms with Gasteiger partial charge in [0.2, 0.25) is 0 Å². The van der Waals surface area contributed by atoms with Crippen LogP contribution in [0.1, 0.15) is 29.1 Å². The predicted octanol–water partition coefficient (Wildman–Crippen LogP) is 2.17. The van der Waals surface area contributed by atoms with Crippen LogP contribution in [0.2, 0.25) is 0 Å². The van der Waals surface area contributed by atoms with Gasteiger partial charge in [0.05, 0.1) is 18.5 Å². The molecule has 0 bridgehead atoms. The van der Waals surface area contributed by atoms with Gasteiger partial charge >= 0.3 is 0 Å². The van der Waals surface area contributed by atoms with Crippen LogP contribution in [0.15, 0.2) is 0 Å². The minimum atomic E-state index is -0.427. The molecular formula is C18H24N4O2S. The van der Waals surface area contributed by atoms with Crippen molar-refractivity contribution in [3.05, 3.63) is 16.3 Å². The van der Waals surface area contributed by atoms with Crippen molar-refractivity contribution in [1.82, 2.24) is 14.9 Å². The lowest BCUT2D eigenvalue weighted by atomic mass is 9.97. The van der Waals surface area contributed by atoms with Crippen molar-refractivity contribution in [2.45, 2.75) is 38.7 Å².